The minimum Gasteiger partial charge on any atom is -0.768 e. The van der Waals surface area contributed by atoms with Crippen molar-refractivity contribution in [3.8, 4) is 0 Å². The van der Waals surface area contributed by atoms with E-state index < -0.39 is 33.5 Å². The van der Waals surface area contributed by atoms with Gasteiger partial charge in [0.1, 0.15) is 0 Å². The molecule has 0 bridgehead atoms. The molecule has 2 N–H and O–H groups in total. The third-order valence-electron chi connectivity index (χ3n) is 1.64. The summed E-state index contributed by atoms with van der Waals surface area (Å²) in [6.07, 6.45) is 0. The topological polar surface area (TPSA) is 115 Å². The largest absolute Gasteiger partial charge is 0.768 e. The van der Waals surface area contributed by atoms with Crippen molar-refractivity contribution in [3.63, 3.8) is 0 Å². The summed E-state index contributed by atoms with van der Waals surface area (Å²) in [4.78, 5) is 20.6. The lowest BCUT2D eigenvalue weighted by molar-refractivity contribution is 0.0677. The van der Waals surface area contributed by atoms with Crippen LogP contribution in [0.15, 0.2) is 23.1 Å². The van der Waals surface area contributed by atoms with Gasteiger partial charge in [0.2, 0.25) is 0 Å². The first kappa shape index (κ1) is 11.3. The van der Waals surface area contributed by atoms with E-state index >= 15 is 0 Å². The Morgan fingerprint density at radius 3 is 2.20 bits per heavy atom. The molecule has 1 rings (SSSR count). The second kappa shape index (κ2) is 4.20. The van der Waals surface area contributed by atoms with E-state index in [1.54, 1.807) is 0 Å². The lowest BCUT2D eigenvalue weighted by Crippen LogP contribution is -2.06. The molecule has 0 saturated carbocycles. The molecule has 0 aliphatic rings. The highest BCUT2D eigenvalue weighted by Gasteiger charge is 2.13. The Labute approximate surface area is 86.5 Å². The SMILES string of the molecule is O=C(O)c1ccc(C(=O)O)c(S(=O)[O-])c1. The normalized spacial score (nSPS) is 12.1. The van der Waals surface area contributed by atoms with Crippen LogP contribution < -0.4 is 0 Å². The van der Waals surface area contributed by atoms with Crippen LogP contribution in [0.1, 0.15) is 20.7 Å². The maximum atomic E-state index is 10.6. The van der Waals surface area contributed by atoms with E-state index in [1.165, 1.54) is 0 Å². The Kier molecular flexibility index (Phi) is 3.17. The first-order valence-electron chi connectivity index (χ1n) is 3.63. The number of aromatic carboxylic acids is 2. The average Bonchev–Trinajstić information content (AvgIpc) is 2.16. The van der Waals surface area contributed by atoms with E-state index in [4.69, 9.17) is 10.2 Å². The van der Waals surface area contributed by atoms with Crippen LogP contribution in [0.2, 0.25) is 0 Å². The van der Waals surface area contributed by atoms with Gasteiger partial charge in [0, 0.05) is 4.90 Å². The molecular weight excluding hydrogens is 224 g/mol. The molecule has 1 unspecified atom stereocenters. The van der Waals surface area contributed by atoms with Gasteiger partial charge in [0.15, 0.2) is 0 Å². The van der Waals surface area contributed by atoms with Crippen LogP contribution in [-0.2, 0) is 11.1 Å². The lowest BCUT2D eigenvalue weighted by atomic mass is 10.1. The van der Waals surface area contributed by atoms with Gasteiger partial charge < -0.3 is 14.8 Å². The number of hydrogen-bond donors (Lipinski definition) is 2. The fourth-order valence-electron chi connectivity index (χ4n) is 0.970. The first-order valence-corrected chi connectivity index (χ1v) is 4.71. The third-order valence-corrected chi connectivity index (χ3v) is 2.34. The van der Waals surface area contributed by atoms with Crippen molar-refractivity contribution >= 4 is 23.0 Å². The number of hydrogen-bond acceptors (Lipinski definition) is 4. The van der Waals surface area contributed by atoms with Crippen LogP contribution in [-0.4, -0.2) is 30.9 Å². The molecule has 0 spiro atoms. The first-order chi connectivity index (χ1) is 6.93. The number of carboxylic acids is 2. The second-order valence-electron chi connectivity index (χ2n) is 2.56. The van der Waals surface area contributed by atoms with Crippen molar-refractivity contribution in [3.05, 3.63) is 29.3 Å². The highest BCUT2D eigenvalue weighted by atomic mass is 32.2. The lowest BCUT2D eigenvalue weighted by Gasteiger charge is -2.09. The van der Waals surface area contributed by atoms with Crippen molar-refractivity contribution in [1.82, 2.24) is 0 Å². The maximum absolute atomic E-state index is 10.6. The monoisotopic (exact) mass is 229 g/mol. The van der Waals surface area contributed by atoms with E-state index in [0.29, 0.717) is 0 Å². The summed E-state index contributed by atoms with van der Waals surface area (Å²) in [5, 5.41) is 17.2. The molecular formula is C8H5O6S-. The van der Waals surface area contributed by atoms with E-state index in [-0.39, 0.29) is 5.56 Å². The molecule has 1 aromatic rings. The Hall–Kier alpha value is -1.73. The maximum Gasteiger partial charge on any atom is 0.336 e. The molecule has 7 heteroatoms. The Bertz CT molecular complexity index is 452. The quantitative estimate of drug-likeness (QED) is 0.721. The van der Waals surface area contributed by atoms with Gasteiger partial charge >= 0.3 is 11.9 Å². The Morgan fingerprint density at radius 1 is 1.20 bits per heavy atom. The molecule has 0 radical (unpaired) electrons. The summed E-state index contributed by atoms with van der Waals surface area (Å²) >= 11 is -2.78. The van der Waals surface area contributed by atoms with E-state index in [2.05, 4.69) is 0 Å². The summed E-state index contributed by atoms with van der Waals surface area (Å²) in [5.74, 6) is -2.75. The second-order valence-corrected chi connectivity index (χ2v) is 3.47. The van der Waals surface area contributed by atoms with E-state index in [9.17, 15) is 18.4 Å². The molecule has 15 heavy (non-hydrogen) atoms. The molecule has 80 valence electrons. The molecule has 0 heterocycles. The number of benzene rings is 1. The average molecular weight is 229 g/mol. The Morgan fingerprint density at radius 2 is 1.80 bits per heavy atom. The van der Waals surface area contributed by atoms with Gasteiger partial charge in [-0.25, -0.2) is 9.59 Å². The fourth-order valence-corrected chi connectivity index (χ4v) is 1.53. The van der Waals surface area contributed by atoms with Gasteiger partial charge in [-0.1, -0.05) is 0 Å². The summed E-state index contributed by atoms with van der Waals surface area (Å²) in [6, 6.07) is 2.77. The minimum atomic E-state index is -2.78. The zero-order valence-corrected chi connectivity index (χ0v) is 7.98. The predicted octanol–water partition coefficient (Wildman–Crippen LogP) is 0.321. The smallest absolute Gasteiger partial charge is 0.336 e. The van der Waals surface area contributed by atoms with E-state index in [1.807, 2.05) is 0 Å². The summed E-state index contributed by atoms with van der Waals surface area (Å²) in [7, 11) is 0. The highest BCUT2D eigenvalue weighted by Crippen LogP contribution is 2.15. The van der Waals surface area contributed by atoms with E-state index in [0.717, 1.165) is 18.2 Å². The van der Waals surface area contributed by atoms with Crippen molar-refractivity contribution in [2.75, 3.05) is 0 Å². The van der Waals surface area contributed by atoms with Crippen LogP contribution in [0.5, 0.6) is 0 Å². The number of carboxylic acid groups (broad SMARTS) is 2. The van der Waals surface area contributed by atoms with Crippen LogP contribution in [0.4, 0.5) is 0 Å². The minimum absolute atomic E-state index is 0.279. The molecule has 0 saturated heterocycles. The van der Waals surface area contributed by atoms with Gasteiger partial charge in [0.25, 0.3) is 0 Å². The van der Waals surface area contributed by atoms with Crippen LogP contribution in [0.25, 0.3) is 0 Å². The van der Waals surface area contributed by atoms with Gasteiger partial charge in [0.05, 0.1) is 11.1 Å². The number of rotatable bonds is 3. The third kappa shape index (κ3) is 2.39. The van der Waals surface area contributed by atoms with Gasteiger partial charge in [-0.2, -0.15) is 0 Å². The molecule has 1 atom stereocenters. The Balaban J connectivity index is 3.40. The van der Waals surface area contributed by atoms with Crippen molar-refractivity contribution < 1.29 is 28.6 Å². The van der Waals surface area contributed by atoms with Crippen LogP contribution in [0.3, 0.4) is 0 Å². The zero-order valence-electron chi connectivity index (χ0n) is 7.17. The van der Waals surface area contributed by atoms with Crippen LogP contribution in [0, 0.1) is 0 Å². The molecule has 0 amide bonds. The highest BCUT2D eigenvalue weighted by molar-refractivity contribution is 7.79. The van der Waals surface area contributed by atoms with Crippen LogP contribution >= 0.6 is 0 Å². The molecule has 0 aliphatic carbocycles. The predicted molar refractivity (Wildman–Crippen MR) is 47.5 cm³/mol. The standard InChI is InChI=1S/C8H6O6S/c9-7(10)4-1-2-5(8(11)12)6(3-4)15(13)14/h1-3H,(H,9,10)(H,11,12)(H,13,14)/p-1. The molecule has 0 fully saturated rings. The summed E-state index contributed by atoms with van der Waals surface area (Å²) in [6.45, 7) is 0. The molecule has 0 aromatic heterocycles. The van der Waals surface area contributed by atoms with Crippen molar-refractivity contribution in [2.24, 2.45) is 0 Å². The van der Waals surface area contributed by atoms with Crippen molar-refractivity contribution in [2.45, 2.75) is 4.90 Å². The number of carbonyl (C=O) groups is 2. The van der Waals surface area contributed by atoms with Gasteiger partial charge in [-0.15, -0.1) is 0 Å². The summed E-state index contributed by atoms with van der Waals surface area (Å²) < 4.78 is 21.3. The van der Waals surface area contributed by atoms with Crippen molar-refractivity contribution in [1.29, 1.82) is 0 Å². The van der Waals surface area contributed by atoms with Gasteiger partial charge in [-0.3, -0.25) is 4.21 Å². The zero-order chi connectivity index (χ0) is 11.6. The fraction of sp³-hybridized carbons (Fsp3) is 0. The molecule has 6 nitrogen and oxygen atoms in total. The van der Waals surface area contributed by atoms with Gasteiger partial charge in [-0.05, 0) is 29.3 Å². The molecule has 0 aliphatic heterocycles. The summed E-state index contributed by atoms with van der Waals surface area (Å²) in [5.41, 5.74) is -0.729. The molecule has 1 aromatic carbocycles.